The van der Waals surface area contributed by atoms with Gasteiger partial charge in [-0.15, -0.1) is 12.4 Å². The van der Waals surface area contributed by atoms with Crippen molar-refractivity contribution in [3.05, 3.63) is 33.4 Å². The molecule has 0 aliphatic carbocycles. The smallest absolute Gasteiger partial charge is 0.236 e. The molecule has 0 radical (unpaired) electrons. The van der Waals surface area contributed by atoms with E-state index in [-0.39, 0.29) is 18.3 Å². The van der Waals surface area contributed by atoms with Gasteiger partial charge in [0.1, 0.15) is 0 Å². The Morgan fingerprint density at radius 3 is 2.50 bits per heavy atom. The number of likely N-dealkylation sites (N-methyl/N-ethyl adjacent to an activating group) is 1. The van der Waals surface area contributed by atoms with Gasteiger partial charge in [-0.1, -0.05) is 12.1 Å². The number of hydrogen-bond donors (Lipinski definition) is 1. The van der Waals surface area contributed by atoms with E-state index in [2.05, 4.69) is 57.1 Å². The number of piperazine rings is 1. The lowest BCUT2D eigenvalue weighted by Crippen LogP contribution is -2.49. The van der Waals surface area contributed by atoms with Crippen molar-refractivity contribution >= 4 is 40.9 Å². The molecule has 0 aromatic heterocycles. The van der Waals surface area contributed by atoms with Crippen LogP contribution in [0, 0.1) is 3.57 Å². The zero-order valence-corrected chi connectivity index (χ0v) is 14.6. The Labute approximate surface area is 140 Å². The molecule has 1 fully saturated rings. The number of carbonyl (C=O) groups excluding carboxylic acids is 1. The average Bonchev–Trinajstić information content (AvgIpc) is 2.42. The van der Waals surface area contributed by atoms with E-state index in [0.29, 0.717) is 6.54 Å². The molecule has 1 heterocycles. The second-order valence-electron chi connectivity index (χ2n) is 4.93. The number of benzene rings is 1. The van der Waals surface area contributed by atoms with Crippen LogP contribution in [0.25, 0.3) is 0 Å². The van der Waals surface area contributed by atoms with Gasteiger partial charge in [-0.2, -0.15) is 0 Å². The molecule has 0 bridgehead atoms. The molecule has 0 unspecified atom stereocenters. The molecular formula is C14H21ClIN3O. The number of hydrogen-bond acceptors (Lipinski definition) is 3. The third-order valence-corrected chi connectivity index (χ3v) is 3.96. The Bertz CT molecular complexity index is 421. The summed E-state index contributed by atoms with van der Waals surface area (Å²) in [5.74, 6) is 0.231. The first kappa shape index (κ1) is 17.7. The standard InChI is InChI=1S/C14H20IN3O.ClH/c1-17(10-12-2-4-13(15)5-3-12)11-14(19)18-8-6-16-7-9-18;/h2-5,16H,6-11H2,1H3;1H. The summed E-state index contributed by atoms with van der Waals surface area (Å²) in [4.78, 5) is 16.1. The Hall–Kier alpha value is -0.370. The summed E-state index contributed by atoms with van der Waals surface area (Å²) in [5, 5.41) is 3.26. The maximum absolute atomic E-state index is 12.1. The molecule has 112 valence electrons. The topological polar surface area (TPSA) is 35.6 Å². The van der Waals surface area contributed by atoms with Crippen molar-refractivity contribution in [3.8, 4) is 0 Å². The van der Waals surface area contributed by atoms with Gasteiger partial charge in [0.05, 0.1) is 6.54 Å². The van der Waals surface area contributed by atoms with E-state index < -0.39 is 0 Å². The fourth-order valence-corrected chi connectivity index (χ4v) is 2.56. The van der Waals surface area contributed by atoms with Crippen LogP contribution in [0.1, 0.15) is 5.56 Å². The molecule has 20 heavy (non-hydrogen) atoms. The fraction of sp³-hybridized carbons (Fsp3) is 0.500. The molecule has 0 spiro atoms. The molecule has 0 atom stereocenters. The predicted octanol–water partition coefficient (Wildman–Crippen LogP) is 1.58. The van der Waals surface area contributed by atoms with Crippen molar-refractivity contribution in [2.75, 3.05) is 39.8 Å². The highest BCUT2D eigenvalue weighted by atomic mass is 127. The maximum Gasteiger partial charge on any atom is 0.236 e. The van der Waals surface area contributed by atoms with E-state index in [0.717, 1.165) is 32.7 Å². The van der Waals surface area contributed by atoms with E-state index in [9.17, 15) is 4.79 Å². The Morgan fingerprint density at radius 2 is 1.90 bits per heavy atom. The molecule has 1 amide bonds. The van der Waals surface area contributed by atoms with Crippen LogP contribution < -0.4 is 5.32 Å². The van der Waals surface area contributed by atoms with Gasteiger partial charge >= 0.3 is 0 Å². The monoisotopic (exact) mass is 409 g/mol. The van der Waals surface area contributed by atoms with Gasteiger partial charge in [-0.3, -0.25) is 9.69 Å². The summed E-state index contributed by atoms with van der Waals surface area (Å²) >= 11 is 2.30. The quantitative estimate of drug-likeness (QED) is 0.767. The first-order chi connectivity index (χ1) is 9.15. The van der Waals surface area contributed by atoms with Crippen LogP contribution in [-0.2, 0) is 11.3 Å². The number of carbonyl (C=O) groups is 1. The highest BCUT2D eigenvalue weighted by Gasteiger charge is 2.17. The van der Waals surface area contributed by atoms with Crippen molar-refractivity contribution < 1.29 is 4.79 Å². The lowest BCUT2D eigenvalue weighted by molar-refractivity contribution is -0.132. The van der Waals surface area contributed by atoms with Crippen molar-refractivity contribution in [1.82, 2.24) is 15.1 Å². The highest BCUT2D eigenvalue weighted by Crippen LogP contribution is 2.08. The highest BCUT2D eigenvalue weighted by molar-refractivity contribution is 14.1. The first-order valence-electron chi connectivity index (χ1n) is 6.56. The SMILES string of the molecule is CN(CC(=O)N1CCNCC1)Cc1ccc(I)cc1.Cl. The second-order valence-corrected chi connectivity index (χ2v) is 6.18. The minimum absolute atomic E-state index is 0. The van der Waals surface area contributed by atoms with E-state index >= 15 is 0 Å². The van der Waals surface area contributed by atoms with Gasteiger partial charge in [0.25, 0.3) is 0 Å². The molecular weight excluding hydrogens is 389 g/mol. The van der Waals surface area contributed by atoms with Gasteiger partial charge in [-0.05, 0) is 47.3 Å². The summed E-state index contributed by atoms with van der Waals surface area (Å²) in [5.41, 5.74) is 1.25. The van der Waals surface area contributed by atoms with Gasteiger partial charge in [0, 0.05) is 36.3 Å². The fourth-order valence-electron chi connectivity index (χ4n) is 2.20. The van der Waals surface area contributed by atoms with E-state index in [1.807, 2.05) is 11.9 Å². The molecule has 6 heteroatoms. The van der Waals surface area contributed by atoms with Gasteiger partial charge < -0.3 is 10.2 Å². The van der Waals surface area contributed by atoms with Crippen LogP contribution in [0.2, 0.25) is 0 Å². The minimum atomic E-state index is 0. The number of nitrogens with one attached hydrogen (secondary N) is 1. The van der Waals surface area contributed by atoms with Crippen LogP contribution >= 0.6 is 35.0 Å². The second kappa shape index (κ2) is 8.81. The summed E-state index contributed by atoms with van der Waals surface area (Å²) in [6, 6.07) is 8.44. The normalized spacial score (nSPS) is 15.1. The predicted molar refractivity (Wildman–Crippen MR) is 92.2 cm³/mol. The largest absolute Gasteiger partial charge is 0.339 e. The Morgan fingerprint density at radius 1 is 1.30 bits per heavy atom. The lowest BCUT2D eigenvalue weighted by Gasteiger charge is -2.29. The summed E-state index contributed by atoms with van der Waals surface area (Å²) in [6.07, 6.45) is 0. The van der Waals surface area contributed by atoms with Crippen LogP contribution in [0.4, 0.5) is 0 Å². The van der Waals surface area contributed by atoms with Crippen molar-refractivity contribution in [2.45, 2.75) is 6.54 Å². The molecule has 1 saturated heterocycles. The van der Waals surface area contributed by atoms with Gasteiger partial charge in [0.2, 0.25) is 5.91 Å². The molecule has 1 aliphatic rings. The maximum atomic E-state index is 12.1. The molecule has 1 aromatic carbocycles. The molecule has 1 aliphatic heterocycles. The molecule has 1 N–H and O–H groups in total. The molecule has 1 aromatic rings. The van der Waals surface area contributed by atoms with Crippen LogP contribution in [0.5, 0.6) is 0 Å². The summed E-state index contributed by atoms with van der Waals surface area (Å²) < 4.78 is 1.24. The first-order valence-corrected chi connectivity index (χ1v) is 7.64. The summed E-state index contributed by atoms with van der Waals surface area (Å²) in [7, 11) is 2.00. The Balaban J connectivity index is 0.00000200. The number of rotatable bonds is 4. The third kappa shape index (κ3) is 5.55. The van der Waals surface area contributed by atoms with E-state index in [1.165, 1.54) is 9.13 Å². The van der Waals surface area contributed by atoms with Crippen LogP contribution in [0.15, 0.2) is 24.3 Å². The third-order valence-electron chi connectivity index (χ3n) is 3.24. The van der Waals surface area contributed by atoms with Crippen LogP contribution in [-0.4, -0.2) is 55.5 Å². The number of nitrogens with zero attached hydrogens (tertiary/aromatic N) is 2. The lowest BCUT2D eigenvalue weighted by atomic mass is 10.2. The Kier molecular flexibility index (Phi) is 7.79. The van der Waals surface area contributed by atoms with Crippen molar-refractivity contribution in [1.29, 1.82) is 0 Å². The van der Waals surface area contributed by atoms with E-state index in [4.69, 9.17) is 0 Å². The van der Waals surface area contributed by atoms with Crippen LogP contribution in [0.3, 0.4) is 0 Å². The zero-order chi connectivity index (χ0) is 13.7. The number of halogens is 2. The average molecular weight is 410 g/mol. The minimum Gasteiger partial charge on any atom is -0.339 e. The van der Waals surface area contributed by atoms with Gasteiger partial charge in [-0.25, -0.2) is 0 Å². The van der Waals surface area contributed by atoms with Crippen molar-refractivity contribution in [3.63, 3.8) is 0 Å². The van der Waals surface area contributed by atoms with Crippen molar-refractivity contribution in [2.24, 2.45) is 0 Å². The molecule has 4 nitrogen and oxygen atoms in total. The number of amides is 1. The zero-order valence-electron chi connectivity index (χ0n) is 11.6. The van der Waals surface area contributed by atoms with E-state index in [1.54, 1.807) is 0 Å². The van der Waals surface area contributed by atoms with Gasteiger partial charge in [0.15, 0.2) is 0 Å². The summed E-state index contributed by atoms with van der Waals surface area (Å²) in [6.45, 7) is 4.78. The molecule has 0 saturated carbocycles. The molecule has 2 rings (SSSR count).